The molecule has 1 fully saturated rings. The van der Waals surface area contributed by atoms with Gasteiger partial charge in [0.15, 0.2) is 6.29 Å². The van der Waals surface area contributed by atoms with E-state index < -0.39 is 0 Å². The molecule has 0 saturated carbocycles. The molecule has 4 heteroatoms. The summed E-state index contributed by atoms with van der Waals surface area (Å²) < 4.78 is 16.7. The van der Waals surface area contributed by atoms with Crippen LogP contribution in [0.4, 0.5) is 0 Å². The Balaban J connectivity index is 2.42. The van der Waals surface area contributed by atoms with Gasteiger partial charge in [-0.1, -0.05) is 0 Å². The van der Waals surface area contributed by atoms with E-state index in [1.54, 1.807) is 0 Å². The van der Waals surface area contributed by atoms with Crippen LogP contribution in [0.15, 0.2) is 0 Å². The predicted molar refractivity (Wildman–Crippen MR) is 63.5 cm³/mol. The maximum absolute atomic E-state index is 5.60. The summed E-state index contributed by atoms with van der Waals surface area (Å²) in [6.45, 7) is 12.3. The van der Waals surface area contributed by atoms with Crippen LogP contribution in [0.2, 0.25) is 0 Å². The number of rotatable bonds is 6. The molecule has 0 amide bonds. The number of hydrogen-bond acceptors (Lipinski definition) is 4. The molecule has 0 aromatic rings. The van der Waals surface area contributed by atoms with Crippen LogP contribution in [0.5, 0.6) is 0 Å². The summed E-state index contributed by atoms with van der Waals surface area (Å²) in [6, 6.07) is 0.428. The lowest BCUT2D eigenvalue weighted by molar-refractivity contribution is -0.163. The van der Waals surface area contributed by atoms with Crippen LogP contribution < -0.4 is 0 Å². The summed E-state index contributed by atoms with van der Waals surface area (Å²) in [4.78, 5) is 2.38. The summed E-state index contributed by atoms with van der Waals surface area (Å²) >= 11 is 0. The van der Waals surface area contributed by atoms with Crippen molar-refractivity contribution in [1.82, 2.24) is 4.90 Å². The van der Waals surface area contributed by atoms with Crippen LogP contribution in [-0.2, 0) is 14.2 Å². The summed E-state index contributed by atoms with van der Waals surface area (Å²) in [5.41, 5.74) is 0. The Hall–Kier alpha value is -0.160. The lowest BCUT2D eigenvalue weighted by atomic mass is 10.1. The Morgan fingerprint density at radius 1 is 1.25 bits per heavy atom. The molecule has 4 nitrogen and oxygen atoms in total. The van der Waals surface area contributed by atoms with Crippen LogP contribution in [0, 0.1) is 0 Å². The molecule has 1 rings (SSSR count). The number of ether oxygens (including phenoxy) is 3. The van der Waals surface area contributed by atoms with Gasteiger partial charge in [0.2, 0.25) is 0 Å². The SMILES string of the molecule is CCOC(CN1CCO[C@H](C)[C@@H]1C)OCC. The highest BCUT2D eigenvalue weighted by Crippen LogP contribution is 2.14. The van der Waals surface area contributed by atoms with Crippen LogP contribution in [-0.4, -0.2) is 56.2 Å². The van der Waals surface area contributed by atoms with Crippen LogP contribution in [0.1, 0.15) is 27.7 Å². The lowest BCUT2D eigenvalue weighted by Gasteiger charge is -2.39. The van der Waals surface area contributed by atoms with E-state index >= 15 is 0 Å². The second-order valence-corrected chi connectivity index (χ2v) is 4.15. The first kappa shape index (κ1) is 13.9. The fourth-order valence-electron chi connectivity index (χ4n) is 1.97. The highest BCUT2D eigenvalue weighted by atomic mass is 16.7. The molecule has 0 unspecified atom stereocenters. The quantitative estimate of drug-likeness (QED) is 0.648. The van der Waals surface area contributed by atoms with Crippen molar-refractivity contribution in [2.24, 2.45) is 0 Å². The maximum Gasteiger partial charge on any atom is 0.170 e. The lowest BCUT2D eigenvalue weighted by Crippen LogP contribution is -2.51. The van der Waals surface area contributed by atoms with Crippen molar-refractivity contribution in [1.29, 1.82) is 0 Å². The number of hydrogen-bond donors (Lipinski definition) is 0. The molecule has 2 atom stereocenters. The first-order chi connectivity index (χ1) is 7.69. The van der Waals surface area contributed by atoms with Crippen molar-refractivity contribution in [3.8, 4) is 0 Å². The molecule has 96 valence electrons. The summed E-state index contributed by atoms with van der Waals surface area (Å²) in [6.07, 6.45) is 0.181. The van der Waals surface area contributed by atoms with E-state index in [1.165, 1.54) is 0 Å². The summed E-state index contributed by atoms with van der Waals surface area (Å²) in [5.74, 6) is 0. The van der Waals surface area contributed by atoms with Gasteiger partial charge in [-0.2, -0.15) is 0 Å². The van der Waals surface area contributed by atoms with Crippen molar-refractivity contribution >= 4 is 0 Å². The predicted octanol–water partition coefficient (Wildman–Crippen LogP) is 1.49. The second kappa shape index (κ2) is 7.22. The highest BCUT2D eigenvalue weighted by Gasteiger charge is 2.27. The molecular formula is C12H25NO3. The first-order valence-electron chi connectivity index (χ1n) is 6.27. The topological polar surface area (TPSA) is 30.9 Å². The Morgan fingerprint density at radius 3 is 2.44 bits per heavy atom. The Morgan fingerprint density at radius 2 is 1.88 bits per heavy atom. The van der Waals surface area contributed by atoms with Gasteiger partial charge in [-0.3, -0.25) is 4.90 Å². The van der Waals surface area contributed by atoms with Gasteiger partial charge in [-0.05, 0) is 27.7 Å². The van der Waals surface area contributed by atoms with Crippen molar-refractivity contribution < 1.29 is 14.2 Å². The third kappa shape index (κ3) is 4.01. The zero-order chi connectivity index (χ0) is 12.0. The molecular weight excluding hydrogens is 206 g/mol. The first-order valence-corrected chi connectivity index (χ1v) is 6.27. The molecule has 1 aliphatic rings. The van der Waals surface area contributed by atoms with E-state index in [-0.39, 0.29) is 12.4 Å². The Labute approximate surface area is 98.8 Å². The van der Waals surface area contributed by atoms with E-state index in [0.717, 1.165) is 19.7 Å². The monoisotopic (exact) mass is 231 g/mol. The summed E-state index contributed by atoms with van der Waals surface area (Å²) in [7, 11) is 0. The average molecular weight is 231 g/mol. The van der Waals surface area contributed by atoms with Gasteiger partial charge >= 0.3 is 0 Å². The van der Waals surface area contributed by atoms with E-state index in [2.05, 4.69) is 18.7 Å². The van der Waals surface area contributed by atoms with Crippen molar-refractivity contribution in [3.63, 3.8) is 0 Å². The second-order valence-electron chi connectivity index (χ2n) is 4.15. The van der Waals surface area contributed by atoms with E-state index in [0.29, 0.717) is 19.3 Å². The smallest absolute Gasteiger partial charge is 0.170 e. The summed E-state index contributed by atoms with van der Waals surface area (Å²) in [5, 5.41) is 0. The van der Waals surface area contributed by atoms with Gasteiger partial charge in [0.1, 0.15) is 0 Å². The average Bonchev–Trinajstić information content (AvgIpc) is 2.25. The van der Waals surface area contributed by atoms with E-state index in [4.69, 9.17) is 14.2 Å². The molecule has 0 aromatic carbocycles. The van der Waals surface area contributed by atoms with Gasteiger partial charge < -0.3 is 14.2 Å². The standard InChI is InChI=1S/C12H25NO3/c1-5-14-12(15-6-2)9-13-7-8-16-11(4)10(13)3/h10-12H,5-9H2,1-4H3/t10-,11+/m0/s1. The third-order valence-corrected chi connectivity index (χ3v) is 3.10. The molecule has 0 bridgehead atoms. The van der Waals surface area contributed by atoms with Gasteiger partial charge in [0.05, 0.1) is 12.7 Å². The molecule has 1 heterocycles. The fourth-order valence-corrected chi connectivity index (χ4v) is 1.97. The van der Waals surface area contributed by atoms with Gasteiger partial charge in [0.25, 0.3) is 0 Å². The van der Waals surface area contributed by atoms with Crippen LogP contribution >= 0.6 is 0 Å². The normalized spacial score (nSPS) is 27.6. The molecule has 1 saturated heterocycles. The third-order valence-electron chi connectivity index (χ3n) is 3.10. The van der Waals surface area contributed by atoms with Crippen LogP contribution in [0.3, 0.4) is 0 Å². The zero-order valence-electron chi connectivity index (χ0n) is 10.9. The fraction of sp³-hybridized carbons (Fsp3) is 1.00. The molecule has 0 N–H and O–H groups in total. The molecule has 0 aliphatic carbocycles. The molecule has 0 spiro atoms. The van der Waals surface area contributed by atoms with Crippen molar-refractivity contribution in [3.05, 3.63) is 0 Å². The van der Waals surface area contributed by atoms with Gasteiger partial charge in [-0.25, -0.2) is 0 Å². The molecule has 1 aliphatic heterocycles. The minimum absolute atomic E-state index is 0.109. The maximum atomic E-state index is 5.60. The van der Waals surface area contributed by atoms with Gasteiger partial charge in [0, 0.05) is 32.3 Å². The van der Waals surface area contributed by atoms with E-state index in [9.17, 15) is 0 Å². The van der Waals surface area contributed by atoms with Crippen molar-refractivity contribution in [2.75, 3.05) is 32.9 Å². The molecule has 0 aromatic heterocycles. The largest absolute Gasteiger partial charge is 0.376 e. The zero-order valence-corrected chi connectivity index (χ0v) is 10.9. The molecule has 0 radical (unpaired) electrons. The van der Waals surface area contributed by atoms with Crippen LogP contribution in [0.25, 0.3) is 0 Å². The number of nitrogens with zero attached hydrogens (tertiary/aromatic N) is 1. The van der Waals surface area contributed by atoms with Crippen molar-refractivity contribution in [2.45, 2.75) is 46.1 Å². The minimum atomic E-state index is -0.109. The highest BCUT2D eigenvalue weighted by molar-refractivity contribution is 4.78. The Bertz CT molecular complexity index is 183. The number of morpholine rings is 1. The van der Waals surface area contributed by atoms with E-state index in [1.807, 2.05) is 13.8 Å². The Kier molecular flexibility index (Phi) is 6.28. The van der Waals surface area contributed by atoms with Gasteiger partial charge in [-0.15, -0.1) is 0 Å². The minimum Gasteiger partial charge on any atom is -0.376 e. The molecule has 16 heavy (non-hydrogen) atoms.